The molecule has 0 saturated carbocycles. The quantitative estimate of drug-likeness (QED) is 0.622. The Balaban J connectivity index is 1.90. The number of nitrogens with one attached hydrogen (secondary N) is 1. The van der Waals surface area contributed by atoms with Gasteiger partial charge in [-0.05, 0) is 42.5 Å². The van der Waals surface area contributed by atoms with Crippen LogP contribution < -0.4 is 5.32 Å². The first-order valence-electron chi connectivity index (χ1n) is 8.69. The number of aliphatic hydroxyl groups is 1. The van der Waals surface area contributed by atoms with Gasteiger partial charge in [-0.3, -0.25) is 24.7 Å². The zero-order valence-corrected chi connectivity index (χ0v) is 15.1. The third-order valence-corrected chi connectivity index (χ3v) is 3.63. The van der Waals surface area contributed by atoms with Crippen LogP contribution >= 0.6 is 0 Å². The molecule has 0 atom stereocenters. The molecule has 0 aliphatic heterocycles. The molecule has 0 aliphatic rings. The summed E-state index contributed by atoms with van der Waals surface area (Å²) >= 11 is 0. The first-order chi connectivity index (χ1) is 13.7. The van der Waals surface area contributed by atoms with E-state index in [1.807, 2.05) is 36.4 Å². The predicted octanol–water partition coefficient (Wildman–Crippen LogP) is 2.70. The summed E-state index contributed by atoms with van der Waals surface area (Å²) in [5.41, 5.74) is 2.94. The maximum atomic E-state index is 12.3. The van der Waals surface area contributed by atoms with Crippen molar-refractivity contribution in [2.45, 2.75) is 0 Å². The van der Waals surface area contributed by atoms with Crippen molar-refractivity contribution < 1.29 is 9.90 Å². The van der Waals surface area contributed by atoms with E-state index in [0.29, 0.717) is 28.3 Å². The molecular formula is C21H19N5O2. The maximum absolute atomic E-state index is 12.3. The maximum Gasteiger partial charge on any atom is 0.251 e. The summed E-state index contributed by atoms with van der Waals surface area (Å²) in [6.45, 7) is 0.0424. The minimum absolute atomic E-state index is 0.131. The molecule has 0 saturated heterocycles. The highest BCUT2D eigenvalue weighted by molar-refractivity contribution is 5.96. The Labute approximate surface area is 162 Å². The molecule has 0 bridgehead atoms. The van der Waals surface area contributed by atoms with Gasteiger partial charge in [0.25, 0.3) is 5.91 Å². The van der Waals surface area contributed by atoms with E-state index in [1.165, 1.54) is 0 Å². The fourth-order valence-corrected chi connectivity index (χ4v) is 2.33. The number of hydrogen-bond acceptors (Lipinski definition) is 6. The molecule has 7 heteroatoms. The van der Waals surface area contributed by atoms with Crippen molar-refractivity contribution in [3.8, 4) is 0 Å². The van der Waals surface area contributed by atoms with Gasteiger partial charge in [-0.1, -0.05) is 12.1 Å². The van der Waals surface area contributed by atoms with Crippen molar-refractivity contribution in [1.29, 1.82) is 0 Å². The second-order valence-corrected chi connectivity index (χ2v) is 5.74. The lowest BCUT2D eigenvalue weighted by atomic mass is 10.1. The van der Waals surface area contributed by atoms with Crippen molar-refractivity contribution in [1.82, 2.24) is 15.3 Å². The van der Waals surface area contributed by atoms with Crippen molar-refractivity contribution >= 4 is 29.7 Å². The van der Waals surface area contributed by atoms with Gasteiger partial charge in [-0.15, -0.1) is 0 Å². The minimum atomic E-state index is -0.307. The van der Waals surface area contributed by atoms with Crippen LogP contribution in [0.5, 0.6) is 0 Å². The molecule has 28 heavy (non-hydrogen) atoms. The average Bonchev–Trinajstić information content (AvgIpc) is 2.76. The summed E-state index contributed by atoms with van der Waals surface area (Å²) in [5.74, 6) is -0.307. The summed E-state index contributed by atoms with van der Waals surface area (Å²) in [6, 6.07) is 16.1. The van der Waals surface area contributed by atoms with Crippen molar-refractivity contribution in [2.24, 2.45) is 9.98 Å². The number of aliphatic imine (C=N–C) groups is 2. The molecule has 140 valence electrons. The number of carbonyl (C=O) groups is 1. The van der Waals surface area contributed by atoms with E-state index in [9.17, 15) is 4.79 Å². The standard InChI is InChI=1S/C21H19N5O2/c27-10-9-24-21(28)16-11-19(25-14-17-5-1-3-7-22-17)13-20(12-16)26-15-18-6-2-4-8-23-18/h1-8,11-15,27H,9-10H2,(H,24,28). The van der Waals surface area contributed by atoms with Crippen molar-refractivity contribution in [3.05, 3.63) is 83.9 Å². The van der Waals surface area contributed by atoms with E-state index in [4.69, 9.17) is 5.11 Å². The number of nitrogens with zero attached hydrogens (tertiary/aromatic N) is 4. The summed E-state index contributed by atoms with van der Waals surface area (Å²) in [4.78, 5) is 29.5. The Kier molecular flexibility index (Phi) is 6.70. The van der Waals surface area contributed by atoms with Crippen molar-refractivity contribution in [2.75, 3.05) is 13.2 Å². The highest BCUT2D eigenvalue weighted by Crippen LogP contribution is 2.24. The molecule has 1 aromatic carbocycles. The molecule has 2 N–H and O–H groups in total. The van der Waals surface area contributed by atoms with E-state index in [0.717, 1.165) is 0 Å². The van der Waals surface area contributed by atoms with Gasteiger partial charge >= 0.3 is 0 Å². The highest BCUT2D eigenvalue weighted by atomic mass is 16.3. The van der Waals surface area contributed by atoms with Crippen molar-refractivity contribution in [3.63, 3.8) is 0 Å². The fraction of sp³-hybridized carbons (Fsp3) is 0.0952. The Morgan fingerprint density at radius 1 is 0.929 bits per heavy atom. The second kappa shape index (κ2) is 9.84. The Bertz CT molecular complexity index is 905. The number of rotatable bonds is 7. The van der Waals surface area contributed by atoms with Gasteiger partial charge in [0.15, 0.2) is 0 Å². The number of hydrogen-bond donors (Lipinski definition) is 2. The third-order valence-electron chi connectivity index (χ3n) is 3.63. The zero-order chi connectivity index (χ0) is 19.6. The Hall–Kier alpha value is -3.71. The van der Waals surface area contributed by atoms with Crippen LogP contribution in [0.4, 0.5) is 11.4 Å². The van der Waals surface area contributed by atoms with Crippen LogP contribution in [0.3, 0.4) is 0 Å². The van der Waals surface area contributed by atoms with Crippen LogP contribution in [0, 0.1) is 0 Å². The first kappa shape index (κ1) is 19.1. The Morgan fingerprint density at radius 2 is 1.50 bits per heavy atom. The lowest BCUT2D eigenvalue weighted by Crippen LogP contribution is -2.26. The van der Waals surface area contributed by atoms with Crippen LogP contribution in [0.15, 0.2) is 77.0 Å². The smallest absolute Gasteiger partial charge is 0.251 e. The minimum Gasteiger partial charge on any atom is -0.395 e. The van der Waals surface area contributed by atoms with Gasteiger partial charge in [0.1, 0.15) is 0 Å². The summed E-state index contributed by atoms with van der Waals surface area (Å²) < 4.78 is 0. The van der Waals surface area contributed by atoms with E-state index >= 15 is 0 Å². The number of benzene rings is 1. The number of pyridine rings is 2. The predicted molar refractivity (Wildman–Crippen MR) is 109 cm³/mol. The van der Waals surface area contributed by atoms with Crippen LogP contribution in [0.25, 0.3) is 0 Å². The molecule has 0 fully saturated rings. The number of aliphatic hydroxyl groups excluding tert-OH is 1. The second-order valence-electron chi connectivity index (χ2n) is 5.74. The van der Waals surface area contributed by atoms with Crippen LogP contribution in [0.2, 0.25) is 0 Å². The van der Waals surface area contributed by atoms with Crippen LogP contribution in [-0.4, -0.2) is 46.6 Å². The summed E-state index contributed by atoms with van der Waals surface area (Å²) in [5, 5.41) is 11.5. The van der Waals surface area contributed by atoms with E-state index in [2.05, 4.69) is 25.3 Å². The van der Waals surface area contributed by atoms with Gasteiger partial charge in [0, 0.05) is 24.5 Å². The van der Waals surface area contributed by atoms with E-state index < -0.39 is 0 Å². The SMILES string of the molecule is O=C(NCCO)c1cc(N=Cc2ccccn2)cc(N=Cc2ccccn2)c1. The van der Waals surface area contributed by atoms with Gasteiger partial charge in [0.05, 0.1) is 41.8 Å². The van der Waals surface area contributed by atoms with E-state index in [-0.39, 0.29) is 19.1 Å². The molecule has 2 aromatic heterocycles. The Morgan fingerprint density at radius 3 is 1.96 bits per heavy atom. The summed E-state index contributed by atoms with van der Waals surface area (Å²) in [7, 11) is 0. The van der Waals surface area contributed by atoms with Gasteiger partial charge in [-0.2, -0.15) is 0 Å². The average molecular weight is 373 g/mol. The number of amides is 1. The number of carbonyl (C=O) groups excluding carboxylic acids is 1. The van der Waals surface area contributed by atoms with E-state index in [1.54, 1.807) is 43.0 Å². The normalized spacial score (nSPS) is 11.2. The molecule has 2 heterocycles. The molecule has 1 amide bonds. The van der Waals surface area contributed by atoms with Gasteiger partial charge in [-0.25, -0.2) is 0 Å². The fourth-order valence-electron chi connectivity index (χ4n) is 2.33. The lowest BCUT2D eigenvalue weighted by molar-refractivity contribution is 0.0945. The van der Waals surface area contributed by atoms with Crippen LogP contribution in [0.1, 0.15) is 21.7 Å². The number of aromatic nitrogens is 2. The third kappa shape index (κ3) is 5.65. The lowest BCUT2D eigenvalue weighted by Gasteiger charge is -2.06. The van der Waals surface area contributed by atoms with Crippen LogP contribution in [-0.2, 0) is 0 Å². The largest absolute Gasteiger partial charge is 0.395 e. The summed E-state index contributed by atoms with van der Waals surface area (Å²) in [6.07, 6.45) is 6.61. The van der Waals surface area contributed by atoms with Gasteiger partial charge in [0.2, 0.25) is 0 Å². The highest BCUT2D eigenvalue weighted by Gasteiger charge is 2.08. The molecule has 7 nitrogen and oxygen atoms in total. The molecule has 0 spiro atoms. The molecule has 3 rings (SSSR count). The molecule has 0 radical (unpaired) electrons. The first-order valence-corrected chi connectivity index (χ1v) is 8.69. The molecule has 0 unspecified atom stereocenters. The zero-order valence-electron chi connectivity index (χ0n) is 15.1. The van der Waals surface area contributed by atoms with Gasteiger partial charge < -0.3 is 10.4 Å². The topological polar surface area (TPSA) is 99.8 Å². The molecule has 0 aliphatic carbocycles. The molecular weight excluding hydrogens is 354 g/mol. The molecule has 3 aromatic rings. The monoisotopic (exact) mass is 373 g/mol.